The van der Waals surface area contributed by atoms with Gasteiger partial charge in [-0.05, 0) is 39.1 Å². The van der Waals surface area contributed by atoms with Gasteiger partial charge in [0.15, 0.2) is 5.78 Å². The molecule has 0 spiro atoms. The second-order valence-corrected chi connectivity index (χ2v) is 3.35. The largest absolute Gasteiger partial charge is 0.470 e. The highest BCUT2D eigenvalue weighted by molar-refractivity contribution is 7.80. The lowest BCUT2D eigenvalue weighted by atomic mass is 10.3. The minimum atomic E-state index is 0.0693. The number of hydrogen-bond donors (Lipinski definition) is 0. The van der Waals surface area contributed by atoms with Gasteiger partial charge in [0.2, 0.25) is 0 Å². The van der Waals surface area contributed by atoms with Crippen molar-refractivity contribution in [1.82, 2.24) is 4.90 Å². The maximum Gasteiger partial charge on any atom is 0.259 e. The third kappa shape index (κ3) is 6.23. The molecule has 0 rings (SSSR count). The predicted molar refractivity (Wildman–Crippen MR) is 65.9 cm³/mol. The van der Waals surface area contributed by atoms with Crippen LogP contribution in [0.5, 0.6) is 0 Å². The number of ether oxygens (including phenoxy) is 1. The summed E-state index contributed by atoms with van der Waals surface area (Å²) in [6.45, 7) is 7.88. The van der Waals surface area contributed by atoms with Crippen molar-refractivity contribution in [2.45, 2.75) is 27.2 Å². The van der Waals surface area contributed by atoms with Crippen LogP contribution >= 0.6 is 12.2 Å². The SMILES string of the molecule is CC=CC(=O)CCOC(=S)N(CC)CC. The lowest BCUT2D eigenvalue weighted by Crippen LogP contribution is -2.31. The van der Waals surface area contributed by atoms with Crippen LogP contribution in [0.2, 0.25) is 0 Å². The van der Waals surface area contributed by atoms with Crippen LogP contribution in [0.4, 0.5) is 0 Å². The number of nitrogens with zero attached hydrogens (tertiary/aromatic N) is 1. The number of hydrogen-bond acceptors (Lipinski definition) is 3. The molecule has 86 valence electrons. The summed E-state index contributed by atoms with van der Waals surface area (Å²) >= 11 is 5.06. The zero-order valence-corrected chi connectivity index (χ0v) is 10.5. The third-order valence-corrected chi connectivity index (χ3v) is 2.32. The van der Waals surface area contributed by atoms with Gasteiger partial charge in [0.05, 0.1) is 6.61 Å². The van der Waals surface area contributed by atoms with Gasteiger partial charge < -0.3 is 9.64 Å². The first-order valence-corrected chi connectivity index (χ1v) is 5.63. The van der Waals surface area contributed by atoms with Crippen LogP contribution in [0.15, 0.2) is 12.2 Å². The molecule has 0 atom stereocenters. The molecule has 0 heterocycles. The van der Waals surface area contributed by atoms with Gasteiger partial charge in [-0.2, -0.15) is 0 Å². The first-order chi connectivity index (χ1) is 7.15. The Bertz CT molecular complexity index is 235. The van der Waals surface area contributed by atoms with Crippen LogP contribution in [-0.4, -0.2) is 35.6 Å². The molecule has 0 aromatic heterocycles. The highest BCUT2D eigenvalue weighted by atomic mass is 32.1. The Kier molecular flexibility index (Phi) is 7.91. The van der Waals surface area contributed by atoms with Crippen LogP contribution < -0.4 is 0 Å². The second kappa shape index (κ2) is 8.41. The molecule has 15 heavy (non-hydrogen) atoms. The van der Waals surface area contributed by atoms with Crippen LogP contribution in [0, 0.1) is 0 Å². The Morgan fingerprint density at radius 3 is 2.47 bits per heavy atom. The van der Waals surface area contributed by atoms with Crippen LogP contribution in [0.1, 0.15) is 27.2 Å². The Balaban J connectivity index is 3.76. The molecule has 0 saturated heterocycles. The number of carbonyl (C=O) groups is 1. The number of thiocarbonyl (C=S) groups is 1. The van der Waals surface area contributed by atoms with E-state index in [-0.39, 0.29) is 5.78 Å². The Morgan fingerprint density at radius 1 is 1.40 bits per heavy atom. The van der Waals surface area contributed by atoms with E-state index in [1.165, 1.54) is 0 Å². The first kappa shape index (κ1) is 14.1. The minimum absolute atomic E-state index is 0.0693. The van der Waals surface area contributed by atoms with Gasteiger partial charge >= 0.3 is 0 Å². The molecule has 0 fully saturated rings. The topological polar surface area (TPSA) is 29.5 Å². The van der Waals surface area contributed by atoms with Gasteiger partial charge in [-0.1, -0.05) is 6.08 Å². The summed E-state index contributed by atoms with van der Waals surface area (Å²) in [5.74, 6) is 0.0693. The molecule has 0 aromatic carbocycles. The van der Waals surface area contributed by atoms with E-state index in [1.807, 2.05) is 25.7 Å². The van der Waals surface area contributed by atoms with Crippen LogP contribution in [0.25, 0.3) is 0 Å². The van der Waals surface area contributed by atoms with Crippen molar-refractivity contribution in [3.05, 3.63) is 12.2 Å². The van der Waals surface area contributed by atoms with Crippen molar-refractivity contribution in [1.29, 1.82) is 0 Å². The lowest BCUT2D eigenvalue weighted by molar-refractivity contribution is -0.115. The fourth-order valence-electron chi connectivity index (χ4n) is 1.08. The molecule has 0 unspecified atom stereocenters. The highest BCUT2D eigenvalue weighted by Gasteiger charge is 2.06. The Hall–Kier alpha value is -0.900. The summed E-state index contributed by atoms with van der Waals surface area (Å²) in [7, 11) is 0. The molecule has 0 aromatic rings. The summed E-state index contributed by atoms with van der Waals surface area (Å²) < 4.78 is 5.31. The van der Waals surface area contributed by atoms with Crippen molar-refractivity contribution in [3.8, 4) is 0 Å². The van der Waals surface area contributed by atoms with Crippen molar-refractivity contribution in [2.75, 3.05) is 19.7 Å². The molecule has 4 heteroatoms. The molecule has 3 nitrogen and oxygen atoms in total. The first-order valence-electron chi connectivity index (χ1n) is 5.22. The van der Waals surface area contributed by atoms with E-state index in [0.29, 0.717) is 18.2 Å². The zero-order valence-electron chi connectivity index (χ0n) is 9.66. The van der Waals surface area contributed by atoms with Crippen molar-refractivity contribution < 1.29 is 9.53 Å². The smallest absolute Gasteiger partial charge is 0.259 e. The fourth-order valence-corrected chi connectivity index (χ4v) is 1.42. The van der Waals surface area contributed by atoms with Gasteiger partial charge in [-0.25, -0.2) is 0 Å². The Morgan fingerprint density at radius 2 is 2.00 bits per heavy atom. The maximum absolute atomic E-state index is 11.1. The van der Waals surface area contributed by atoms with Gasteiger partial charge in [-0.15, -0.1) is 0 Å². The van der Waals surface area contributed by atoms with Gasteiger partial charge in [-0.3, -0.25) is 4.79 Å². The van der Waals surface area contributed by atoms with E-state index in [4.69, 9.17) is 17.0 Å². The van der Waals surface area contributed by atoms with Gasteiger partial charge in [0, 0.05) is 19.5 Å². The van der Waals surface area contributed by atoms with Crippen molar-refractivity contribution in [2.24, 2.45) is 0 Å². The summed E-state index contributed by atoms with van der Waals surface area (Å²) in [4.78, 5) is 13.0. The summed E-state index contributed by atoms with van der Waals surface area (Å²) in [5, 5.41) is 0.480. The fraction of sp³-hybridized carbons (Fsp3) is 0.636. The predicted octanol–water partition coefficient (Wildman–Crippen LogP) is 2.17. The lowest BCUT2D eigenvalue weighted by Gasteiger charge is -2.20. The van der Waals surface area contributed by atoms with E-state index in [0.717, 1.165) is 13.1 Å². The molecular formula is C11H19NO2S. The summed E-state index contributed by atoms with van der Waals surface area (Å²) in [5.41, 5.74) is 0. The van der Waals surface area contributed by atoms with E-state index in [2.05, 4.69) is 0 Å². The van der Waals surface area contributed by atoms with Gasteiger partial charge in [0.1, 0.15) is 0 Å². The van der Waals surface area contributed by atoms with E-state index in [1.54, 1.807) is 12.2 Å². The highest BCUT2D eigenvalue weighted by Crippen LogP contribution is 1.96. The zero-order chi connectivity index (χ0) is 11.7. The number of rotatable bonds is 6. The average Bonchev–Trinajstić information content (AvgIpc) is 2.20. The molecule has 0 N–H and O–H groups in total. The average molecular weight is 229 g/mol. The summed E-state index contributed by atoms with van der Waals surface area (Å²) in [6.07, 6.45) is 3.65. The molecule has 0 amide bonds. The molecule has 0 bridgehead atoms. The monoisotopic (exact) mass is 229 g/mol. The third-order valence-electron chi connectivity index (χ3n) is 1.95. The number of ketones is 1. The van der Waals surface area contributed by atoms with E-state index in [9.17, 15) is 4.79 Å². The maximum atomic E-state index is 11.1. The second-order valence-electron chi connectivity index (χ2n) is 3.00. The molecule has 0 aliphatic carbocycles. The normalized spacial score (nSPS) is 10.3. The van der Waals surface area contributed by atoms with Crippen molar-refractivity contribution >= 4 is 23.2 Å². The van der Waals surface area contributed by atoms with Crippen LogP contribution in [-0.2, 0) is 9.53 Å². The van der Waals surface area contributed by atoms with Gasteiger partial charge in [0.25, 0.3) is 5.17 Å². The Labute approximate surface area is 97.1 Å². The standard InChI is InChI=1S/C11H19NO2S/c1-4-7-10(13)8-9-14-11(15)12(5-2)6-3/h4,7H,5-6,8-9H2,1-3H3. The quantitative estimate of drug-likeness (QED) is 0.515. The molecule has 0 aliphatic rings. The summed E-state index contributed by atoms with van der Waals surface area (Å²) in [6, 6.07) is 0. The number of allylic oxidation sites excluding steroid dienone is 2. The minimum Gasteiger partial charge on any atom is -0.470 e. The molecule has 0 aliphatic heterocycles. The molecule has 0 saturated carbocycles. The van der Waals surface area contributed by atoms with E-state index < -0.39 is 0 Å². The number of carbonyl (C=O) groups excluding carboxylic acids is 1. The molecule has 0 radical (unpaired) electrons. The van der Waals surface area contributed by atoms with Crippen molar-refractivity contribution in [3.63, 3.8) is 0 Å². The molecular weight excluding hydrogens is 210 g/mol. The van der Waals surface area contributed by atoms with E-state index >= 15 is 0 Å². The van der Waals surface area contributed by atoms with Crippen LogP contribution in [0.3, 0.4) is 0 Å².